The summed E-state index contributed by atoms with van der Waals surface area (Å²) in [5.74, 6) is 0.605. The number of imidazole rings is 1. The van der Waals surface area contributed by atoms with Gasteiger partial charge in [0.05, 0.1) is 13.3 Å². The van der Waals surface area contributed by atoms with Gasteiger partial charge < -0.3 is 10.1 Å². The topological polar surface area (TPSA) is 47.1 Å². The molecule has 0 fully saturated rings. The minimum absolute atomic E-state index is 0.102. The number of hydrogen-bond acceptors (Lipinski definition) is 2. The largest absolute Gasteiger partial charge is 0.497 e. The lowest BCUT2D eigenvalue weighted by Crippen LogP contribution is -2.39. The quantitative estimate of drug-likeness (QED) is 0.737. The van der Waals surface area contributed by atoms with Crippen molar-refractivity contribution >= 4 is 28.8 Å². The third-order valence-corrected chi connectivity index (χ3v) is 3.60. The van der Waals surface area contributed by atoms with Crippen molar-refractivity contribution < 1.29 is 14.1 Å². The van der Waals surface area contributed by atoms with Crippen molar-refractivity contribution in [1.29, 1.82) is 0 Å². The third-order valence-electron chi connectivity index (χ3n) is 3.60. The normalized spacial score (nSPS) is 10.5. The number of fused-ring (bicyclic) bond motifs is 1. The second-order valence-electron chi connectivity index (χ2n) is 5.10. The van der Waals surface area contributed by atoms with Crippen LogP contribution in [0.2, 0.25) is 0 Å². The van der Waals surface area contributed by atoms with Gasteiger partial charge in [0.25, 0.3) is 5.91 Å². The first-order valence-corrected chi connectivity index (χ1v) is 7.27. The fourth-order valence-corrected chi connectivity index (χ4v) is 2.53. The molecule has 2 aromatic carbocycles. The summed E-state index contributed by atoms with van der Waals surface area (Å²) >= 11 is 0. The number of hydrogen-bond donors (Lipinski definition) is 1. The lowest BCUT2D eigenvalue weighted by molar-refractivity contribution is -0.658. The minimum atomic E-state index is -0.102. The first kappa shape index (κ1) is 14.8. The summed E-state index contributed by atoms with van der Waals surface area (Å²) in [5, 5.41) is 2.88. The van der Waals surface area contributed by atoms with Crippen molar-refractivity contribution in [3.63, 3.8) is 0 Å². The maximum Gasteiger partial charge on any atom is 0.266 e. The standard InChI is InChI=1S/C18H17N3O2/c1-3-20-13-21(17-10-5-4-9-16(17)20)12-18(22)19-14-7-6-8-15(11-14)23-2/h3-11,13H,1,12H2,2H3/p+1. The Kier molecular flexibility index (Phi) is 4.10. The van der Waals surface area contributed by atoms with Crippen LogP contribution in [0.25, 0.3) is 17.2 Å². The van der Waals surface area contributed by atoms with Crippen LogP contribution in [-0.2, 0) is 11.3 Å². The Hall–Kier alpha value is -3.08. The number of benzene rings is 2. The van der Waals surface area contributed by atoms with Gasteiger partial charge in [-0.05, 0) is 24.3 Å². The zero-order valence-electron chi connectivity index (χ0n) is 12.9. The van der Waals surface area contributed by atoms with Crippen molar-refractivity contribution in [2.45, 2.75) is 6.54 Å². The second-order valence-corrected chi connectivity index (χ2v) is 5.10. The summed E-state index contributed by atoms with van der Waals surface area (Å²) in [6.45, 7) is 4.02. The van der Waals surface area contributed by atoms with E-state index in [4.69, 9.17) is 4.74 Å². The molecular weight excluding hydrogens is 290 g/mol. The number of carbonyl (C=O) groups is 1. The van der Waals surface area contributed by atoms with Crippen LogP contribution in [0.4, 0.5) is 5.69 Å². The zero-order valence-corrected chi connectivity index (χ0v) is 12.9. The van der Waals surface area contributed by atoms with E-state index in [1.807, 2.05) is 57.9 Å². The van der Waals surface area contributed by atoms with E-state index in [1.54, 1.807) is 19.4 Å². The van der Waals surface area contributed by atoms with Gasteiger partial charge in [0.2, 0.25) is 6.33 Å². The summed E-state index contributed by atoms with van der Waals surface area (Å²) in [5.41, 5.74) is 2.70. The molecule has 0 radical (unpaired) electrons. The molecule has 3 rings (SSSR count). The Morgan fingerprint density at radius 2 is 2.13 bits per heavy atom. The number of nitrogens with one attached hydrogen (secondary N) is 1. The molecule has 1 heterocycles. The van der Waals surface area contributed by atoms with Crippen molar-refractivity contribution in [1.82, 2.24) is 4.57 Å². The zero-order chi connectivity index (χ0) is 16.2. The average Bonchev–Trinajstić information content (AvgIpc) is 2.93. The fraction of sp³-hybridized carbons (Fsp3) is 0.111. The number of amides is 1. The van der Waals surface area contributed by atoms with E-state index in [9.17, 15) is 4.79 Å². The second kappa shape index (κ2) is 6.36. The molecule has 0 spiro atoms. The molecule has 0 saturated heterocycles. The van der Waals surface area contributed by atoms with Crippen LogP contribution in [0, 0.1) is 0 Å². The maximum atomic E-state index is 12.3. The first-order valence-electron chi connectivity index (χ1n) is 7.27. The number of nitrogens with zero attached hydrogens (tertiary/aromatic N) is 2. The fourth-order valence-electron chi connectivity index (χ4n) is 2.53. The van der Waals surface area contributed by atoms with Crippen LogP contribution in [0.1, 0.15) is 0 Å². The van der Waals surface area contributed by atoms with Gasteiger partial charge in [-0.1, -0.05) is 24.8 Å². The Morgan fingerprint density at radius 1 is 1.30 bits per heavy atom. The summed E-state index contributed by atoms with van der Waals surface area (Å²) in [7, 11) is 1.60. The van der Waals surface area contributed by atoms with Crippen molar-refractivity contribution in [2.24, 2.45) is 0 Å². The highest BCUT2D eigenvalue weighted by atomic mass is 16.5. The minimum Gasteiger partial charge on any atom is -0.497 e. The molecule has 5 nitrogen and oxygen atoms in total. The van der Waals surface area contributed by atoms with Crippen LogP contribution in [0.3, 0.4) is 0 Å². The van der Waals surface area contributed by atoms with Crippen molar-refractivity contribution in [3.8, 4) is 5.75 Å². The number of aromatic nitrogens is 2. The smallest absolute Gasteiger partial charge is 0.266 e. The van der Waals surface area contributed by atoms with Gasteiger partial charge in [0.1, 0.15) is 5.75 Å². The molecule has 0 aliphatic rings. The monoisotopic (exact) mass is 308 g/mol. The highest BCUT2D eigenvalue weighted by Gasteiger charge is 2.16. The van der Waals surface area contributed by atoms with Crippen molar-refractivity contribution in [3.05, 3.63) is 61.4 Å². The van der Waals surface area contributed by atoms with E-state index in [-0.39, 0.29) is 12.5 Å². The van der Waals surface area contributed by atoms with Crippen LogP contribution < -0.4 is 14.6 Å². The summed E-state index contributed by atoms with van der Waals surface area (Å²) in [4.78, 5) is 12.3. The lowest BCUT2D eigenvalue weighted by Gasteiger charge is -2.06. The Morgan fingerprint density at radius 3 is 2.91 bits per heavy atom. The molecule has 1 aromatic heterocycles. The van der Waals surface area contributed by atoms with Crippen molar-refractivity contribution in [2.75, 3.05) is 12.4 Å². The van der Waals surface area contributed by atoms with Gasteiger partial charge in [-0.15, -0.1) is 0 Å². The van der Waals surface area contributed by atoms with Gasteiger partial charge in [-0.3, -0.25) is 4.79 Å². The van der Waals surface area contributed by atoms with Gasteiger partial charge >= 0.3 is 0 Å². The number of para-hydroxylation sites is 2. The van der Waals surface area contributed by atoms with Gasteiger partial charge in [-0.2, -0.15) is 0 Å². The predicted octanol–water partition coefficient (Wildman–Crippen LogP) is 2.68. The first-order chi connectivity index (χ1) is 11.2. The van der Waals surface area contributed by atoms with E-state index in [0.29, 0.717) is 11.4 Å². The summed E-state index contributed by atoms with van der Waals surface area (Å²) in [6, 6.07) is 15.2. The molecule has 0 saturated carbocycles. The number of ether oxygens (including phenoxy) is 1. The summed E-state index contributed by atoms with van der Waals surface area (Å²) < 4.78 is 8.95. The van der Waals surface area contributed by atoms with Crippen LogP contribution in [0.5, 0.6) is 5.75 Å². The number of anilines is 1. The third kappa shape index (κ3) is 3.08. The molecule has 3 aromatic rings. The SMILES string of the molecule is C=Cn1c[n+](CC(=O)Nc2cccc(OC)c2)c2ccccc21. The Labute approximate surface area is 134 Å². The molecule has 1 N–H and O–H groups in total. The van der Waals surface area contributed by atoms with Gasteiger partial charge in [0, 0.05) is 11.8 Å². The predicted molar refractivity (Wildman–Crippen MR) is 90.1 cm³/mol. The Bertz CT molecular complexity index is 868. The van der Waals surface area contributed by atoms with Gasteiger partial charge in [-0.25, -0.2) is 9.13 Å². The highest BCUT2D eigenvalue weighted by molar-refractivity contribution is 5.90. The molecule has 0 unspecified atom stereocenters. The van der Waals surface area contributed by atoms with Crippen LogP contribution in [0.15, 0.2) is 61.4 Å². The molecular formula is C18H18N3O2+. The molecule has 0 aliphatic heterocycles. The van der Waals surface area contributed by atoms with E-state index in [0.717, 1.165) is 11.0 Å². The van der Waals surface area contributed by atoms with Crippen LogP contribution in [-0.4, -0.2) is 17.6 Å². The maximum absolute atomic E-state index is 12.3. The molecule has 0 atom stereocenters. The van der Waals surface area contributed by atoms with E-state index in [2.05, 4.69) is 11.9 Å². The Balaban J connectivity index is 1.81. The lowest BCUT2D eigenvalue weighted by atomic mass is 10.3. The molecule has 1 amide bonds. The summed E-state index contributed by atoms with van der Waals surface area (Å²) in [6.07, 6.45) is 3.58. The number of methoxy groups -OCH3 is 1. The van der Waals surface area contributed by atoms with Crippen LogP contribution >= 0.6 is 0 Å². The van der Waals surface area contributed by atoms with E-state index >= 15 is 0 Å². The molecule has 5 heteroatoms. The highest BCUT2D eigenvalue weighted by Crippen LogP contribution is 2.16. The molecule has 0 bridgehead atoms. The van der Waals surface area contributed by atoms with E-state index in [1.165, 1.54) is 0 Å². The van der Waals surface area contributed by atoms with E-state index < -0.39 is 0 Å². The number of carbonyl (C=O) groups excluding carboxylic acids is 1. The number of rotatable bonds is 5. The molecule has 0 aliphatic carbocycles. The average molecular weight is 308 g/mol. The molecule has 116 valence electrons. The molecule has 23 heavy (non-hydrogen) atoms. The van der Waals surface area contributed by atoms with Gasteiger partial charge in [0.15, 0.2) is 17.6 Å².